The van der Waals surface area contributed by atoms with Crippen LogP contribution in [0.1, 0.15) is 25.2 Å². The Hall–Kier alpha value is -1.14. The third kappa shape index (κ3) is 3.17. The predicted molar refractivity (Wildman–Crippen MR) is 63.9 cm³/mol. The zero-order valence-electron chi connectivity index (χ0n) is 10.5. The summed E-state index contributed by atoms with van der Waals surface area (Å²) in [5, 5.41) is 11.2. The van der Waals surface area contributed by atoms with Gasteiger partial charge in [0.1, 0.15) is 0 Å². The molecule has 0 unspecified atom stereocenters. The average Bonchev–Trinajstić information content (AvgIpc) is 2.70. The van der Waals surface area contributed by atoms with Gasteiger partial charge in [0.15, 0.2) is 0 Å². The van der Waals surface area contributed by atoms with Gasteiger partial charge in [0, 0.05) is 26.7 Å². The molecule has 0 bridgehead atoms. The fraction of sp³-hybridized carbons (Fsp3) is 0.818. The van der Waals surface area contributed by atoms with Gasteiger partial charge in [-0.15, -0.1) is 5.10 Å². The molecule has 17 heavy (non-hydrogen) atoms. The van der Waals surface area contributed by atoms with Crippen LogP contribution in [0.4, 0.5) is 6.01 Å². The second-order valence-electron chi connectivity index (χ2n) is 4.34. The Kier molecular flexibility index (Phi) is 4.33. The minimum atomic E-state index is 0.574. The maximum Gasteiger partial charge on any atom is 0.318 e. The lowest BCUT2D eigenvalue weighted by atomic mass is 9.92. The fourth-order valence-electron chi connectivity index (χ4n) is 1.76. The molecule has 1 aromatic rings. The highest BCUT2D eigenvalue weighted by Crippen LogP contribution is 2.27. The first-order valence-electron chi connectivity index (χ1n) is 6.06. The summed E-state index contributed by atoms with van der Waals surface area (Å²) >= 11 is 0. The number of methoxy groups -OCH3 is 1. The first-order valence-corrected chi connectivity index (χ1v) is 6.06. The summed E-state index contributed by atoms with van der Waals surface area (Å²) in [6, 6.07) is 1.20. The molecule has 1 fully saturated rings. The van der Waals surface area contributed by atoms with E-state index in [1.807, 2.05) is 7.05 Å². The summed E-state index contributed by atoms with van der Waals surface area (Å²) in [6.07, 6.45) is 3.75. The van der Waals surface area contributed by atoms with Crippen molar-refractivity contribution in [1.29, 1.82) is 0 Å². The molecule has 0 aromatic carbocycles. The standard InChI is InChI=1S/C11H20N4O2/c1-15(9-4-3-5-9)11-14-13-10(17-11)8-12-6-7-16-2/h9,12H,3-8H2,1-2H3. The van der Waals surface area contributed by atoms with Gasteiger partial charge in [-0.3, -0.25) is 0 Å². The molecule has 1 saturated carbocycles. The first kappa shape index (κ1) is 12.3. The normalized spacial score (nSPS) is 15.9. The largest absolute Gasteiger partial charge is 0.407 e. The Bertz CT molecular complexity index is 338. The summed E-state index contributed by atoms with van der Waals surface area (Å²) in [4.78, 5) is 2.08. The number of ether oxygens (including phenoxy) is 1. The van der Waals surface area contributed by atoms with Crippen LogP contribution in [0.2, 0.25) is 0 Å². The minimum absolute atomic E-state index is 0.574. The van der Waals surface area contributed by atoms with Crippen molar-refractivity contribution in [2.24, 2.45) is 0 Å². The van der Waals surface area contributed by atoms with Crippen LogP contribution in [0.3, 0.4) is 0 Å². The molecule has 6 heteroatoms. The van der Waals surface area contributed by atoms with E-state index in [1.165, 1.54) is 19.3 Å². The van der Waals surface area contributed by atoms with Crippen LogP contribution in [-0.2, 0) is 11.3 Å². The van der Waals surface area contributed by atoms with Crippen LogP contribution in [0, 0.1) is 0 Å². The van der Waals surface area contributed by atoms with E-state index in [-0.39, 0.29) is 0 Å². The predicted octanol–water partition coefficient (Wildman–Crippen LogP) is 0.794. The lowest BCUT2D eigenvalue weighted by molar-refractivity contribution is 0.198. The van der Waals surface area contributed by atoms with E-state index in [0.717, 1.165) is 6.54 Å². The number of hydrogen-bond acceptors (Lipinski definition) is 6. The summed E-state index contributed by atoms with van der Waals surface area (Å²) < 4.78 is 10.5. The van der Waals surface area contributed by atoms with Crippen molar-refractivity contribution in [3.05, 3.63) is 5.89 Å². The maximum absolute atomic E-state index is 5.58. The molecule has 96 valence electrons. The molecular weight excluding hydrogens is 220 g/mol. The Balaban J connectivity index is 1.78. The summed E-state index contributed by atoms with van der Waals surface area (Å²) in [5.41, 5.74) is 0. The van der Waals surface area contributed by atoms with E-state index in [0.29, 0.717) is 31.1 Å². The Morgan fingerprint density at radius 2 is 2.29 bits per heavy atom. The van der Waals surface area contributed by atoms with Crippen LogP contribution in [0.25, 0.3) is 0 Å². The molecule has 0 saturated heterocycles. The molecule has 0 radical (unpaired) electrons. The number of nitrogens with one attached hydrogen (secondary N) is 1. The lowest BCUT2D eigenvalue weighted by Crippen LogP contribution is -2.37. The van der Waals surface area contributed by atoms with E-state index in [2.05, 4.69) is 20.4 Å². The molecule has 1 N–H and O–H groups in total. The molecule has 0 atom stereocenters. The minimum Gasteiger partial charge on any atom is -0.407 e. The highest BCUT2D eigenvalue weighted by Gasteiger charge is 2.25. The van der Waals surface area contributed by atoms with Crippen LogP contribution in [0.5, 0.6) is 0 Å². The first-order chi connectivity index (χ1) is 8.31. The number of nitrogens with zero attached hydrogens (tertiary/aromatic N) is 3. The zero-order valence-corrected chi connectivity index (χ0v) is 10.5. The molecule has 0 spiro atoms. The number of anilines is 1. The van der Waals surface area contributed by atoms with E-state index < -0.39 is 0 Å². The Morgan fingerprint density at radius 1 is 1.47 bits per heavy atom. The third-order valence-corrected chi connectivity index (χ3v) is 3.14. The smallest absolute Gasteiger partial charge is 0.318 e. The van der Waals surface area contributed by atoms with Crippen LogP contribution in [-0.4, -0.2) is 43.5 Å². The topological polar surface area (TPSA) is 63.4 Å². The molecular formula is C11H20N4O2. The second kappa shape index (κ2) is 5.97. The Morgan fingerprint density at radius 3 is 2.94 bits per heavy atom. The molecule has 1 aliphatic rings. The van der Waals surface area contributed by atoms with Gasteiger partial charge in [-0.05, 0) is 19.3 Å². The zero-order chi connectivity index (χ0) is 12.1. The SMILES string of the molecule is COCCNCc1nnc(N(C)C2CCC2)o1. The van der Waals surface area contributed by atoms with Gasteiger partial charge in [0.2, 0.25) is 5.89 Å². The van der Waals surface area contributed by atoms with Gasteiger partial charge in [-0.2, -0.15) is 0 Å². The summed E-state index contributed by atoms with van der Waals surface area (Å²) in [5.74, 6) is 0.627. The highest BCUT2D eigenvalue weighted by molar-refractivity contribution is 5.25. The van der Waals surface area contributed by atoms with Crippen molar-refractivity contribution in [3.8, 4) is 0 Å². The van der Waals surface area contributed by atoms with E-state index in [1.54, 1.807) is 7.11 Å². The molecule has 1 aromatic heterocycles. The van der Waals surface area contributed by atoms with Crippen molar-refractivity contribution in [2.75, 3.05) is 32.2 Å². The number of rotatable bonds is 7. The molecule has 1 aliphatic carbocycles. The van der Waals surface area contributed by atoms with Gasteiger partial charge in [0.25, 0.3) is 0 Å². The van der Waals surface area contributed by atoms with Crippen LogP contribution in [0.15, 0.2) is 4.42 Å². The molecule has 0 amide bonds. The highest BCUT2D eigenvalue weighted by atomic mass is 16.5. The van der Waals surface area contributed by atoms with Crippen LogP contribution < -0.4 is 10.2 Å². The van der Waals surface area contributed by atoms with Crippen molar-refractivity contribution in [1.82, 2.24) is 15.5 Å². The van der Waals surface area contributed by atoms with E-state index in [9.17, 15) is 0 Å². The lowest BCUT2D eigenvalue weighted by Gasteiger charge is -2.33. The monoisotopic (exact) mass is 240 g/mol. The molecule has 0 aliphatic heterocycles. The summed E-state index contributed by atoms with van der Waals surface area (Å²) in [7, 11) is 3.69. The molecule has 2 rings (SSSR count). The third-order valence-electron chi connectivity index (χ3n) is 3.14. The van der Waals surface area contributed by atoms with Gasteiger partial charge >= 0.3 is 6.01 Å². The van der Waals surface area contributed by atoms with Gasteiger partial charge < -0.3 is 19.4 Å². The number of aromatic nitrogens is 2. The van der Waals surface area contributed by atoms with Crippen molar-refractivity contribution in [3.63, 3.8) is 0 Å². The van der Waals surface area contributed by atoms with E-state index >= 15 is 0 Å². The van der Waals surface area contributed by atoms with Crippen LogP contribution >= 0.6 is 0 Å². The van der Waals surface area contributed by atoms with Gasteiger partial charge in [0.05, 0.1) is 13.2 Å². The number of hydrogen-bond donors (Lipinski definition) is 1. The van der Waals surface area contributed by atoms with Crippen molar-refractivity contribution >= 4 is 6.01 Å². The van der Waals surface area contributed by atoms with Crippen molar-refractivity contribution in [2.45, 2.75) is 31.8 Å². The fourth-order valence-corrected chi connectivity index (χ4v) is 1.76. The average molecular weight is 240 g/mol. The van der Waals surface area contributed by atoms with Gasteiger partial charge in [-0.1, -0.05) is 5.10 Å². The van der Waals surface area contributed by atoms with Crippen molar-refractivity contribution < 1.29 is 9.15 Å². The Labute approximate surface area is 101 Å². The second-order valence-corrected chi connectivity index (χ2v) is 4.34. The maximum atomic E-state index is 5.58. The van der Waals surface area contributed by atoms with Gasteiger partial charge in [-0.25, -0.2) is 0 Å². The summed E-state index contributed by atoms with van der Waals surface area (Å²) in [6.45, 7) is 2.06. The quantitative estimate of drug-likeness (QED) is 0.711. The molecule has 6 nitrogen and oxygen atoms in total. The van der Waals surface area contributed by atoms with E-state index in [4.69, 9.17) is 9.15 Å². The molecule has 1 heterocycles.